The summed E-state index contributed by atoms with van der Waals surface area (Å²) in [5.41, 5.74) is 2.54. The van der Waals surface area contributed by atoms with E-state index < -0.39 is 0 Å². The number of oxime groups is 1. The molecule has 0 radical (unpaired) electrons. The maximum absolute atomic E-state index is 11.8. The summed E-state index contributed by atoms with van der Waals surface area (Å²) in [7, 11) is 0. The molecule has 0 heterocycles. The van der Waals surface area contributed by atoms with Gasteiger partial charge in [0.25, 0.3) is 5.91 Å². The topological polar surface area (TPSA) is 59.9 Å². The Morgan fingerprint density at radius 3 is 2.46 bits per heavy atom. The first-order valence-corrected chi connectivity index (χ1v) is 9.46. The fourth-order valence-electron chi connectivity index (χ4n) is 2.37. The second-order valence-electron chi connectivity index (χ2n) is 5.88. The predicted octanol–water partition coefficient (Wildman–Crippen LogP) is 5.02. The average Bonchev–Trinajstić information content (AvgIpc) is 2.72. The van der Waals surface area contributed by atoms with Gasteiger partial charge in [-0.2, -0.15) is 0 Å². The van der Waals surface area contributed by atoms with E-state index in [9.17, 15) is 4.79 Å². The van der Waals surface area contributed by atoms with Gasteiger partial charge in [0.15, 0.2) is 6.61 Å². The van der Waals surface area contributed by atoms with E-state index in [1.165, 1.54) is 6.21 Å². The molecule has 1 N–H and O–H groups in total. The smallest absolute Gasteiger partial charge is 0.265 e. The van der Waals surface area contributed by atoms with Crippen LogP contribution in [-0.2, 0) is 16.2 Å². The first-order valence-electron chi connectivity index (χ1n) is 8.67. The highest BCUT2D eigenvalue weighted by Crippen LogP contribution is 2.18. The number of amides is 1. The molecule has 0 bridgehead atoms. The van der Waals surface area contributed by atoms with Crippen LogP contribution >= 0.6 is 15.9 Å². The summed E-state index contributed by atoms with van der Waals surface area (Å²) in [5, 5.41) is 6.61. The van der Waals surface area contributed by atoms with Crippen molar-refractivity contribution < 1.29 is 14.4 Å². The average molecular weight is 439 g/mol. The van der Waals surface area contributed by atoms with Crippen molar-refractivity contribution in [3.8, 4) is 5.75 Å². The summed E-state index contributed by atoms with van der Waals surface area (Å²) in [6.45, 7) is 0.270. The molecule has 0 aromatic heterocycles. The fraction of sp³-hybridized carbons (Fsp3) is 0.0909. The van der Waals surface area contributed by atoms with Crippen LogP contribution in [0.25, 0.3) is 0 Å². The SMILES string of the molecule is O=C(CO/N=C/c1ccccc1OCc1ccc(Br)cc1)Nc1ccccc1. The molecule has 0 spiro atoms. The number of rotatable bonds is 8. The van der Waals surface area contributed by atoms with Crippen molar-refractivity contribution in [1.82, 2.24) is 0 Å². The normalized spacial score (nSPS) is 10.6. The number of hydrogen-bond acceptors (Lipinski definition) is 4. The summed E-state index contributed by atoms with van der Waals surface area (Å²) >= 11 is 3.42. The Bertz CT molecular complexity index is 928. The zero-order valence-electron chi connectivity index (χ0n) is 15.0. The molecule has 3 aromatic carbocycles. The van der Waals surface area contributed by atoms with E-state index >= 15 is 0 Å². The van der Waals surface area contributed by atoms with Gasteiger partial charge in [0.2, 0.25) is 0 Å². The summed E-state index contributed by atoms with van der Waals surface area (Å²) in [4.78, 5) is 16.9. The van der Waals surface area contributed by atoms with Crippen molar-refractivity contribution in [3.63, 3.8) is 0 Å². The summed E-state index contributed by atoms with van der Waals surface area (Å²) in [5.74, 6) is 0.412. The van der Waals surface area contributed by atoms with E-state index in [2.05, 4.69) is 26.4 Å². The lowest BCUT2D eigenvalue weighted by molar-refractivity contribution is -0.120. The molecule has 0 saturated heterocycles. The van der Waals surface area contributed by atoms with Crippen molar-refractivity contribution in [2.24, 2.45) is 5.16 Å². The minimum atomic E-state index is -0.275. The molecular weight excluding hydrogens is 420 g/mol. The molecule has 0 atom stereocenters. The van der Waals surface area contributed by atoms with Crippen LogP contribution in [-0.4, -0.2) is 18.7 Å². The van der Waals surface area contributed by atoms with Crippen molar-refractivity contribution in [1.29, 1.82) is 0 Å². The van der Waals surface area contributed by atoms with Crippen LogP contribution in [0.1, 0.15) is 11.1 Å². The van der Waals surface area contributed by atoms with Crippen LogP contribution in [0.2, 0.25) is 0 Å². The van der Waals surface area contributed by atoms with Crippen molar-refractivity contribution >= 4 is 33.7 Å². The molecule has 142 valence electrons. The molecule has 3 aromatic rings. The molecular formula is C22H19BrN2O3. The molecule has 0 unspecified atom stereocenters. The van der Waals surface area contributed by atoms with Gasteiger partial charge in [0.1, 0.15) is 12.4 Å². The van der Waals surface area contributed by atoms with E-state index in [1.54, 1.807) is 12.1 Å². The van der Waals surface area contributed by atoms with Crippen molar-refractivity contribution in [3.05, 3.63) is 94.5 Å². The van der Waals surface area contributed by atoms with Gasteiger partial charge in [-0.3, -0.25) is 4.79 Å². The lowest BCUT2D eigenvalue weighted by Gasteiger charge is -2.09. The summed E-state index contributed by atoms with van der Waals surface area (Å²) in [6, 6.07) is 24.6. The van der Waals surface area contributed by atoms with E-state index in [1.807, 2.05) is 66.7 Å². The molecule has 28 heavy (non-hydrogen) atoms. The quantitative estimate of drug-likeness (QED) is 0.396. The van der Waals surface area contributed by atoms with Crippen LogP contribution in [0.5, 0.6) is 5.75 Å². The van der Waals surface area contributed by atoms with Crippen molar-refractivity contribution in [2.75, 3.05) is 11.9 Å². The second kappa shape index (κ2) is 10.3. The third-order valence-electron chi connectivity index (χ3n) is 3.75. The Morgan fingerprint density at radius 2 is 1.68 bits per heavy atom. The number of nitrogens with zero attached hydrogens (tertiary/aromatic N) is 1. The van der Waals surface area contributed by atoms with Crippen molar-refractivity contribution in [2.45, 2.75) is 6.61 Å². The van der Waals surface area contributed by atoms with Gasteiger partial charge >= 0.3 is 0 Å². The van der Waals surface area contributed by atoms with Crippen LogP contribution in [0.15, 0.2) is 88.5 Å². The van der Waals surface area contributed by atoms with E-state index in [4.69, 9.17) is 9.57 Å². The largest absolute Gasteiger partial charge is 0.488 e. The number of carbonyl (C=O) groups is 1. The Kier molecular flexibility index (Phi) is 7.21. The number of anilines is 1. The Morgan fingerprint density at radius 1 is 0.964 bits per heavy atom. The highest BCUT2D eigenvalue weighted by molar-refractivity contribution is 9.10. The van der Waals surface area contributed by atoms with Gasteiger partial charge in [-0.25, -0.2) is 0 Å². The van der Waals surface area contributed by atoms with Gasteiger partial charge in [-0.1, -0.05) is 63.6 Å². The second-order valence-corrected chi connectivity index (χ2v) is 6.79. The minimum Gasteiger partial charge on any atom is -0.488 e. The number of hydrogen-bond donors (Lipinski definition) is 1. The van der Waals surface area contributed by atoms with Gasteiger partial charge in [0.05, 0.1) is 6.21 Å². The third-order valence-corrected chi connectivity index (χ3v) is 4.27. The molecule has 3 rings (SSSR count). The molecule has 0 aliphatic heterocycles. The zero-order valence-corrected chi connectivity index (χ0v) is 16.6. The number of benzene rings is 3. The summed E-state index contributed by atoms with van der Waals surface area (Å²) in [6.07, 6.45) is 1.53. The van der Waals surface area contributed by atoms with E-state index in [-0.39, 0.29) is 12.5 Å². The minimum absolute atomic E-state index is 0.173. The zero-order chi connectivity index (χ0) is 19.6. The first kappa shape index (κ1) is 19.6. The third kappa shape index (κ3) is 6.25. The molecule has 0 fully saturated rings. The number of nitrogens with one attached hydrogen (secondary N) is 1. The van der Waals surface area contributed by atoms with Gasteiger partial charge in [0, 0.05) is 15.7 Å². The standard InChI is InChI=1S/C22H19BrN2O3/c23-19-12-10-17(11-13-19)15-27-21-9-5-4-6-18(21)14-24-28-16-22(26)25-20-7-2-1-3-8-20/h1-14H,15-16H2,(H,25,26)/b24-14+. The molecule has 6 heteroatoms. The maximum Gasteiger partial charge on any atom is 0.265 e. The molecule has 5 nitrogen and oxygen atoms in total. The van der Waals surface area contributed by atoms with Gasteiger partial charge < -0.3 is 14.9 Å². The molecule has 1 amide bonds. The van der Waals surface area contributed by atoms with Crippen LogP contribution in [0.3, 0.4) is 0 Å². The maximum atomic E-state index is 11.8. The Balaban J connectivity index is 1.51. The van der Waals surface area contributed by atoms with E-state index in [0.717, 1.165) is 15.6 Å². The number of ether oxygens (including phenoxy) is 1. The lowest BCUT2D eigenvalue weighted by atomic mass is 10.2. The number of carbonyl (C=O) groups excluding carboxylic acids is 1. The molecule has 0 aliphatic carbocycles. The highest BCUT2D eigenvalue weighted by atomic mass is 79.9. The Labute approximate surface area is 172 Å². The van der Waals surface area contributed by atoms with Gasteiger partial charge in [-0.05, 0) is 42.0 Å². The van der Waals surface area contributed by atoms with Crippen LogP contribution in [0.4, 0.5) is 5.69 Å². The van der Waals surface area contributed by atoms with Crippen LogP contribution < -0.4 is 10.1 Å². The number of halogens is 1. The first-order chi connectivity index (χ1) is 13.7. The molecule has 0 aliphatic rings. The van der Waals surface area contributed by atoms with E-state index in [0.29, 0.717) is 18.0 Å². The van der Waals surface area contributed by atoms with Crippen LogP contribution in [0, 0.1) is 0 Å². The Hall–Kier alpha value is -3.12. The van der Waals surface area contributed by atoms with Gasteiger partial charge in [-0.15, -0.1) is 0 Å². The molecule has 0 saturated carbocycles. The summed E-state index contributed by atoms with van der Waals surface area (Å²) < 4.78 is 6.90. The lowest BCUT2D eigenvalue weighted by Crippen LogP contribution is -2.16. The monoisotopic (exact) mass is 438 g/mol. The predicted molar refractivity (Wildman–Crippen MR) is 114 cm³/mol. The fourth-order valence-corrected chi connectivity index (χ4v) is 2.63. The number of para-hydroxylation sites is 2. The highest BCUT2D eigenvalue weighted by Gasteiger charge is 2.04.